The van der Waals surface area contributed by atoms with E-state index in [9.17, 15) is 8.78 Å². The van der Waals surface area contributed by atoms with Crippen molar-refractivity contribution in [3.63, 3.8) is 0 Å². The third kappa shape index (κ3) is 6.88. The lowest BCUT2D eigenvalue weighted by Gasteiger charge is -2.37. The lowest BCUT2D eigenvalue weighted by Crippen LogP contribution is -2.25. The van der Waals surface area contributed by atoms with Crippen molar-refractivity contribution in [1.29, 1.82) is 0 Å². The number of rotatable bonds is 10. The fraction of sp³-hybridized carbons (Fsp3) is 0.421. The van der Waals surface area contributed by atoms with Crippen LogP contribution in [0.2, 0.25) is 0 Å². The first kappa shape index (κ1) is 29.4. The van der Waals surface area contributed by atoms with Crippen LogP contribution in [-0.2, 0) is 6.42 Å². The molecule has 41 heavy (non-hydrogen) atoms. The molecule has 0 unspecified atom stereocenters. The number of halogens is 3. The topological polar surface area (TPSA) is 0 Å². The summed E-state index contributed by atoms with van der Waals surface area (Å²) in [5.74, 6) is 0.885. The Morgan fingerprint density at radius 1 is 0.659 bits per heavy atom. The molecule has 0 aliphatic heterocycles. The molecule has 2 aliphatic rings. The highest BCUT2D eigenvalue weighted by Gasteiger charge is 2.31. The van der Waals surface area contributed by atoms with Crippen molar-refractivity contribution in [3.8, 4) is 22.3 Å². The fourth-order valence-corrected chi connectivity index (χ4v) is 7.24. The molecule has 3 aromatic rings. The Hall–Kier alpha value is -3.07. The normalized spacial score (nSPS) is 22.8. The van der Waals surface area contributed by atoms with Crippen LogP contribution in [0.25, 0.3) is 22.3 Å². The van der Waals surface area contributed by atoms with E-state index in [4.69, 9.17) is 0 Å². The molecule has 2 aliphatic carbocycles. The monoisotopic (exact) mass is 556 g/mol. The Morgan fingerprint density at radius 2 is 1.29 bits per heavy atom. The summed E-state index contributed by atoms with van der Waals surface area (Å²) < 4.78 is 45.0. The maximum absolute atomic E-state index is 15.4. The molecule has 216 valence electrons. The summed E-state index contributed by atoms with van der Waals surface area (Å²) in [6.07, 6.45) is 16.8. The van der Waals surface area contributed by atoms with Crippen molar-refractivity contribution < 1.29 is 13.2 Å². The molecule has 2 fully saturated rings. The van der Waals surface area contributed by atoms with E-state index in [0.717, 1.165) is 60.6 Å². The number of hydrogen-bond acceptors (Lipinski definition) is 0. The molecule has 0 spiro atoms. The van der Waals surface area contributed by atoms with Crippen molar-refractivity contribution in [1.82, 2.24) is 0 Å². The maximum atomic E-state index is 15.4. The highest BCUT2D eigenvalue weighted by molar-refractivity contribution is 5.71. The lowest BCUT2D eigenvalue weighted by atomic mass is 9.68. The first-order valence-electron chi connectivity index (χ1n) is 15.6. The summed E-state index contributed by atoms with van der Waals surface area (Å²) in [6.45, 7) is 7.67. The van der Waals surface area contributed by atoms with Crippen molar-refractivity contribution in [3.05, 3.63) is 108 Å². The smallest absolute Gasteiger partial charge is 0.166 e. The molecular formula is C38H43F3. The van der Waals surface area contributed by atoms with Gasteiger partial charge in [-0.2, -0.15) is 0 Å². The summed E-state index contributed by atoms with van der Waals surface area (Å²) in [7, 11) is 0. The van der Waals surface area contributed by atoms with Gasteiger partial charge in [-0.25, -0.2) is 13.2 Å². The summed E-state index contributed by atoms with van der Waals surface area (Å²) in [4.78, 5) is 0. The van der Waals surface area contributed by atoms with Gasteiger partial charge in [0.2, 0.25) is 0 Å². The molecule has 0 atom stereocenters. The van der Waals surface area contributed by atoms with E-state index in [1.54, 1.807) is 30.3 Å². The van der Waals surface area contributed by atoms with Crippen LogP contribution in [-0.4, -0.2) is 0 Å². The molecule has 3 heteroatoms. The summed E-state index contributed by atoms with van der Waals surface area (Å²) >= 11 is 0. The zero-order valence-corrected chi connectivity index (χ0v) is 24.2. The van der Waals surface area contributed by atoms with E-state index in [1.807, 2.05) is 30.3 Å². The van der Waals surface area contributed by atoms with E-state index in [1.165, 1.54) is 38.5 Å². The third-order valence-electron chi connectivity index (χ3n) is 9.82. The molecular weight excluding hydrogens is 513 g/mol. The molecule has 0 bridgehead atoms. The Morgan fingerprint density at radius 3 is 1.93 bits per heavy atom. The molecule has 3 aromatic carbocycles. The van der Waals surface area contributed by atoms with Crippen LogP contribution in [0.3, 0.4) is 0 Å². The fourth-order valence-electron chi connectivity index (χ4n) is 7.24. The van der Waals surface area contributed by atoms with Crippen LogP contribution in [0.5, 0.6) is 0 Å². The second-order valence-corrected chi connectivity index (χ2v) is 12.3. The minimum absolute atomic E-state index is 0.140. The van der Waals surface area contributed by atoms with Crippen molar-refractivity contribution in [2.24, 2.45) is 17.8 Å². The maximum Gasteiger partial charge on any atom is 0.166 e. The van der Waals surface area contributed by atoms with Gasteiger partial charge in [0, 0.05) is 5.56 Å². The molecule has 0 saturated heterocycles. The predicted molar refractivity (Wildman–Crippen MR) is 165 cm³/mol. The van der Waals surface area contributed by atoms with Gasteiger partial charge < -0.3 is 0 Å². The van der Waals surface area contributed by atoms with E-state index >= 15 is 4.39 Å². The minimum Gasteiger partial charge on any atom is -0.207 e. The van der Waals surface area contributed by atoms with Gasteiger partial charge in [-0.05, 0) is 135 Å². The van der Waals surface area contributed by atoms with Gasteiger partial charge in [0.05, 0.1) is 0 Å². The molecule has 0 aromatic heterocycles. The van der Waals surface area contributed by atoms with E-state index < -0.39 is 11.6 Å². The third-order valence-corrected chi connectivity index (χ3v) is 9.82. The van der Waals surface area contributed by atoms with Crippen LogP contribution in [0.1, 0.15) is 87.7 Å². The summed E-state index contributed by atoms with van der Waals surface area (Å²) in [5.41, 5.74) is 3.75. The standard InChI is InChI=1S/C38H43F3/c1-3-5-6-7-8-32-21-24-35(38(41)37(32)40)31-19-15-29(16-20-31)33-22-23-34(36(39)25-33)30-17-13-28(14-18-30)27-11-9-26(4-2)10-12-27/h3-4,15-16,19-28,30H,1-2,5-14,17-18H2. The van der Waals surface area contributed by atoms with Gasteiger partial charge in [-0.1, -0.05) is 60.7 Å². The van der Waals surface area contributed by atoms with Crippen LogP contribution < -0.4 is 0 Å². The molecule has 0 radical (unpaired) electrons. The van der Waals surface area contributed by atoms with E-state index in [0.29, 0.717) is 23.5 Å². The lowest BCUT2D eigenvalue weighted by molar-refractivity contribution is 0.171. The number of aryl methyl sites for hydroxylation is 1. The molecule has 0 amide bonds. The van der Waals surface area contributed by atoms with E-state index in [-0.39, 0.29) is 17.3 Å². The number of hydrogen-bond donors (Lipinski definition) is 0. The number of allylic oxidation sites excluding steroid dienone is 2. The molecule has 0 nitrogen and oxygen atoms in total. The van der Waals surface area contributed by atoms with Crippen molar-refractivity contribution in [2.45, 2.75) is 83.0 Å². The highest BCUT2D eigenvalue weighted by Crippen LogP contribution is 2.44. The zero-order valence-electron chi connectivity index (χ0n) is 24.2. The van der Waals surface area contributed by atoms with Crippen LogP contribution >= 0.6 is 0 Å². The summed E-state index contributed by atoms with van der Waals surface area (Å²) in [5, 5.41) is 0. The quantitative estimate of drug-likeness (QED) is 0.172. The van der Waals surface area contributed by atoms with Gasteiger partial charge in [0.15, 0.2) is 11.6 Å². The first-order valence-corrected chi connectivity index (χ1v) is 15.6. The van der Waals surface area contributed by atoms with Gasteiger partial charge in [-0.3, -0.25) is 0 Å². The van der Waals surface area contributed by atoms with Gasteiger partial charge >= 0.3 is 0 Å². The molecule has 5 rings (SSSR count). The van der Waals surface area contributed by atoms with Crippen LogP contribution in [0, 0.1) is 35.2 Å². The minimum atomic E-state index is -0.812. The Kier molecular flexibility index (Phi) is 9.85. The van der Waals surface area contributed by atoms with Crippen LogP contribution in [0.4, 0.5) is 13.2 Å². The van der Waals surface area contributed by atoms with Gasteiger partial charge in [0.1, 0.15) is 5.82 Å². The SMILES string of the molecule is C=CCCCCc1ccc(-c2ccc(-c3ccc(C4CCC(C5CCC(C=C)CC5)CC4)c(F)c3)cc2)c(F)c1F. The van der Waals surface area contributed by atoms with Crippen LogP contribution in [0.15, 0.2) is 79.9 Å². The van der Waals surface area contributed by atoms with E-state index in [2.05, 4.69) is 19.2 Å². The highest BCUT2D eigenvalue weighted by atomic mass is 19.2. The molecule has 0 N–H and O–H groups in total. The second kappa shape index (κ2) is 13.7. The average Bonchev–Trinajstić information content (AvgIpc) is 3.01. The predicted octanol–water partition coefficient (Wildman–Crippen LogP) is 11.6. The van der Waals surface area contributed by atoms with Gasteiger partial charge in [0.25, 0.3) is 0 Å². The zero-order chi connectivity index (χ0) is 28.8. The Labute approximate surface area is 244 Å². The number of benzene rings is 3. The Balaban J connectivity index is 1.21. The summed E-state index contributed by atoms with van der Waals surface area (Å²) in [6, 6.07) is 16.2. The molecule has 2 saturated carbocycles. The molecule has 0 heterocycles. The van der Waals surface area contributed by atoms with Crippen molar-refractivity contribution >= 4 is 0 Å². The van der Waals surface area contributed by atoms with Gasteiger partial charge in [-0.15, -0.1) is 13.2 Å². The first-order chi connectivity index (χ1) is 20.0. The number of unbranched alkanes of at least 4 members (excludes halogenated alkanes) is 2. The largest absolute Gasteiger partial charge is 0.207 e. The van der Waals surface area contributed by atoms with Crippen molar-refractivity contribution in [2.75, 3.05) is 0 Å². The average molecular weight is 557 g/mol. The second-order valence-electron chi connectivity index (χ2n) is 12.3. The Bertz CT molecular complexity index is 1320.